The molecule has 0 heterocycles. The largest absolute Gasteiger partial charge is 0.508 e. The van der Waals surface area contributed by atoms with Crippen molar-refractivity contribution in [1.82, 2.24) is 0 Å². The summed E-state index contributed by atoms with van der Waals surface area (Å²) in [5.74, 6) is 1.03. The van der Waals surface area contributed by atoms with E-state index in [1.165, 1.54) is 5.56 Å². The van der Waals surface area contributed by atoms with Crippen molar-refractivity contribution in [3.05, 3.63) is 65.6 Å². The van der Waals surface area contributed by atoms with Crippen LogP contribution in [0.3, 0.4) is 0 Å². The summed E-state index contributed by atoms with van der Waals surface area (Å²) in [7, 11) is 0. The minimum Gasteiger partial charge on any atom is -0.508 e. The topological polar surface area (TPSA) is 41.8 Å². The lowest BCUT2D eigenvalue weighted by molar-refractivity contribution is 0.222. The van der Waals surface area contributed by atoms with Crippen molar-refractivity contribution in [2.45, 2.75) is 40.0 Å². The molecule has 2 aromatic rings. The number of benzene rings is 2. The second kappa shape index (κ2) is 8.52. The Kier molecular flexibility index (Phi) is 6.40. The molecule has 0 aromatic heterocycles. The highest BCUT2D eigenvalue weighted by Gasteiger charge is 2.18. The molecule has 2 aromatic carbocycles. The van der Waals surface area contributed by atoms with Gasteiger partial charge < -0.3 is 9.84 Å². The van der Waals surface area contributed by atoms with Crippen molar-refractivity contribution in [2.24, 2.45) is 4.99 Å². The molecule has 0 saturated heterocycles. The van der Waals surface area contributed by atoms with Crippen LogP contribution in [0.4, 0.5) is 0 Å². The third-order valence-electron chi connectivity index (χ3n) is 4.14. The SMILES string of the molecule is C=C(C)/C(=C(\N=CCC)OCC)C(C)c1ccc2cc(O)ccc2c1. The predicted octanol–water partition coefficient (Wildman–Crippen LogP) is 5.95. The Morgan fingerprint density at radius 3 is 2.52 bits per heavy atom. The van der Waals surface area contributed by atoms with E-state index in [0.29, 0.717) is 12.5 Å². The molecule has 25 heavy (non-hydrogen) atoms. The van der Waals surface area contributed by atoms with Gasteiger partial charge in [-0.3, -0.25) is 0 Å². The lowest BCUT2D eigenvalue weighted by Crippen LogP contribution is -2.05. The lowest BCUT2D eigenvalue weighted by atomic mass is 9.88. The molecule has 1 unspecified atom stereocenters. The summed E-state index contributed by atoms with van der Waals surface area (Å²) in [6, 6.07) is 11.7. The first-order chi connectivity index (χ1) is 12.0. The Labute approximate surface area is 150 Å². The Bertz CT molecular complexity index is 818. The van der Waals surface area contributed by atoms with Gasteiger partial charge in [0.05, 0.1) is 6.61 Å². The van der Waals surface area contributed by atoms with Crippen molar-refractivity contribution < 1.29 is 9.84 Å². The van der Waals surface area contributed by atoms with E-state index in [-0.39, 0.29) is 11.7 Å². The number of hydrogen-bond acceptors (Lipinski definition) is 3. The molecule has 1 atom stereocenters. The molecule has 0 saturated carbocycles. The van der Waals surface area contributed by atoms with Gasteiger partial charge in [0.25, 0.3) is 0 Å². The molecule has 132 valence electrons. The Morgan fingerprint density at radius 2 is 1.88 bits per heavy atom. The van der Waals surface area contributed by atoms with Crippen LogP contribution >= 0.6 is 0 Å². The zero-order valence-corrected chi connectivity index (χ0v) is 15.5. The van der Waals surface area contributed by atoms with Gasteiger partial charge in [-0.2, -0.15) is 0 Å². The van der Waals surface area contributed by atoms with E-state index in [1.807, 2.05) is 32.2 Å². The molecule has 0 aliphatic rings. The van der Waals surface area contributed by atoms with Gasteiger partial charge in [-0.05, 0) is 54.3 Å². The van der Waals surface area contributed by atoms with E-state index in [2.05, 4.69) is 37.6 Å². The fourth-order valence-corrected chi connectivity index (χ4v) is 2.92. The van der Waals surface area contributed by atoms with Crippen LogP contribution in [0.15, 0.2) is 65.0 Å². The van der Waals surface area contributed by atoms with Crippen molar-refractivity contribution in [2.75, 3.05) is 6.61 Å². The highest BCUT2D eigenvalue weighted by molar-refractivity contribution is 5.84. The second-order valence-electron chi connectivity index (χ2n) is 6.16. The van der Waals surface area contributed by atoms with Gasteiger partial charge in [0.15, 0.2) is 0 Å². The fourth-order valence-electron chi connectivity index (χ4n) is 2.92. The first-order valence-electron chi connectivity index (χ1n) is 8.75. The first kappa shape index (κ1) is 18.8. The number of hydrogen-bond donors (Lipinski definition) is 1. The lowest BCUT2D eigenvalue weighted by Gasteiger charge is -2.20. The maximum absolute atomic E-state index is 9.63. The molecule has 1 N–H and O–H groups in total. The van der Waals surface area contributed by atoms with Gasteiger partial charge >= 0.3 is 0 Å². The van der Waals surface area contributed by atoms with Crippen molar-refractivity contribution >= 4 is 17.0 Å². The van der Waals surface area contributed by atoms with Crippen LogP contribution in [-0.2, 0) is 4.74 Å². The van der Waals surface area contributed by atoms with Gasteiger partial charge in [0.1, 0.15) is 5.75 Å². The number of ether oxygens (including phenoxy) is 1. The number of fused-ring (bicyclic) bond motifs is 1. The number of rotatable bonds is 7. The van der Waals surface area contributed by atoms with E-state index >= 15 is 0 Å². The maximum Gasteiger partial charge on any atom is 0.217 e. The molecule has 0 aliphatic carbocycles. The molecule has 0 spiro atoms. The third kappa shape index (κ3) is 4.50. The van der Waals surface area contributed by atoms with Crippen LogP contribution in [0.2, 0.25) is 0 Å². The molecule has 3 heteroatoms. The number of aliphatic imine (C=N–C) groups is 1. The van der Waals surface area contributed by atoms with Crippen molar-refractivity contribution in [1.29, 1.82) is 0 Å². The number of nitrogens with zero attached hydrogens (tertiary/aromatic N) is 1. The maximum atomic E-state index is 9.63. The van der Waals surface area contributed by atoms with Crippen LogP contribution < -0.4 is 0 Å². The Morgan fingerprint density at radius 1 is 1.20 bits per heavy atom. The minimum atomic E-state index is 0.103. The van der Waals surface area contributed by atoms with E-state index in [4.69, 9.17) is 4.74 Å². The normalized spacial score (nSPS) is 13.8. The van der Waals surface area contributed by atoms with Gasteiger partial charge in [-0.25, -0.2) is 4.99 Å². The van der Waals surface area contributed by atoms with Crippen molar-refractivity contribution in [3.63, 3.8) is 0 Å². The number of phenols is 1. The second-order valence-corrected chi connectivity index (χ2v) is 6.16. The van der Waals surface area contributed by atoms with E-state index < -0.39 is 0 Å². The summed E-state index contributed by atoms with van der Waals surface area (Å²) in [6.45, 7) is 12.9. The zero-order valence-electron chi connectivity index (χ0n) is 15.5. The average molecular weight is 337 g/mol. The first-order valence-corrected chi connectivity index (χ1v) is 8.75. The molecule has 0 bridgehead atoms. The van der Waals surface area contributed by atoms with Crippen LogP contribution in [0, 0.1) is 0 Å². The molecular formula is C22H27NO2. The van der Waals surface area contributed by atoms with E-state index in [0.717, 1.165) is 28.3 Å². The van der Waals surface area contributed by atoms with Crippen molar-refractivity contribution in [3.8, 4) is 5.75 Å². The van der Waals surface area contributed by atoms with E-state index in [1.54, 1.807) is 12.1 Å². The van der Waals surface area contributed by atoms with Crippen LogP contribution in [0.5, 0.6) is 5.75 Å². The highest BCUT2D eigenvalue weighted by atomic mass is 16.5. The fraction of sp³-hybridized carbons (Fsp3) is 0.318. The monoisotopic (exact) mass is 337 g/mol. The summed E-state index contributed by atoms with van der Waals surface area (Å²) >= 11 is 0. The molecule has 0 aliphatic heterocycles. The van der Waals surface area contributed by atoms with E-state index in [9.17, 15) is 5.11 Å². The minimum absolute atomic E-state index is 0.103. The number of allylic oxidation sites excluding steroid dienone is 2. The third-order valence-corrected chi connectivity index (χ3v) is 4.14. The molecule has 0 fully saturated rings. The number of aromatic hydroxyl groups is 1. The van der Waals surface area contributed by atoms with Gasteiger partial charge in [-0.15, -0.1) is 0 Å². The van der Waals surface area contributed by atoms with Crippen LogP contribution in [-0.4, -0.2) is 17.9 Å². The van der Waals surface area contributed by atoms with Gasteiger partial charge in [0, 0.05) is 17.7 Å². The summed E-state index contributed by atoms with van der Waals surface area (Å²) in [6.07, 6.45) is 2.72. The molecule has 2 rings (SSSR count). The molecular weight excluding hydrogens is 310 g/mol. The highest BCUT2D eigenvalue weighted by Crippen LogP contribution is 2.34. The zero-order chi connectivity index (χ0) is 18.4. The summed E-state index contributed by atoms with van der Waals surface area (Å²) in [5.41, 5.74) is 3.14. The molecule has 0 amide bonds. The van der Waals surface area contributed by atoms with Gasteiger partial charge in [-0.1, -0.05) is 44.7 Å². The summed E-state index contributed by atoms with van der Waals surface area (Å²) < 4.78 is 5.80. The van der Waals surface area contributed by atoms with Crippen LogP contribution in [0.1, 0.15) is 45.6 Å². The Balaban J connectivity index is 2.52. The smallest absolute Gasteiger partial charge is 0.217 e. The van der Waals surface area contributed by atoms with Crippen LogP contribution in [0.25, 0.3) is 10.8 Å². The molecule has 0 radical (unpaired) electrons. The summed E-state index contributed by atoms with van der Waals surface area (Å²) in [4.78, 5) is 4.51. The summed E-state index contributed by atoms with van der Waals surface area (Å²) in [5, 5.41) is 11.7. The number of phenolic OH excluding ortho intramolecular Hbond substituents is 1. The van der Waals surface area contributed by atoms with Gasteiger partial charge in [0.2, 0.25) is 5.88 Å². The standard InChI is InChI=1S/C22H27NO2/c1-6-12-23-22(25-7-2)21(15(3)4)16(5)17-8-9-19-14-20(24)11-10-18(19)13-17/h8-14,16,24H,3,6-7H2,1-2,4-5H3/b22-21-,23-12?. The predicted molar refractivity (Wildman–Crippen MR) is 106 cm³/mol. The average Bonchev–Trinajstić information content (AvgIpc) is 2.58. The molecule has 3 nitrogen and oxygen atoms in total. The Hall–Kier alpha value is -2.55. The quantitative estimate of drug-likeness (QED) is 0.385.